The van der Waals surface area contributed by atoms with Gasteiger partial charge in [-0.1, -0.05) is 34.7 Å². The summed E-state index contributed by atoms with van der Waals surface area (Å²) in [6.45, 7) is 2.51. The predicted molar refractivity (Wildman–Crippen MR) is 121 cm³/mol. The highest BCUT2D eigenvalue weighted by molar-refractivity contribution is 8.01. The van der Waals surface area contributed by atoms with E-state index in [9.17, 15) is 14.0 Å². The van der Waals surface area contributed by atoms with Gasteiger partial charge < -0.3 is 19.5 Å². The number of piperazine rings is 1. The number of rotatable bonds is 7. The zero-order chi connectivity index (χ0) is 22.5. The Labute approximate surface area is 196 Å². The average Bonchev–Trinajstić information content (AvgIpc) is 3.48. The van der Waals surface area contributed by atoms with Crippen LogP contribution in [0.3, 0.4) is 0 Å². The van der Waals surface area contributed by atoms with Gasteiger partial charge in [0.25, 0.3) is 5.91 Å². The van der Waals surface area contributed by atoms with Crippen LogP contribution in [0.4, 0.5) is 9.52 Å². The summed E-state index contributed by atoms with van der Waals surface area (Å²) in [4.78, 5) is 28.4. The number of thioether (sulfide) groups is 1. The lowest BCUT2D eigenvalue weighted by Gasteiger charge is -2.34. The molecule has 0 spiro atoms. The lowest BCUT2D eigenvalue weighted by Crippen LogP contribution is -2.48. The SMILES string of the molecule is O=C(CSc1nnc(N2CCN(C(=O)c3ccc(F)cc3Cl)CC2)s1)NCc1ccco1. The van der Waals surface area contributed by atoms with Gasteiger partial charge in [0.05, 0.1) is 29.1 Å². The Morgan fingerprint density at radius 1 is 1.22 bits per heavy atom. The predicted octanol–water partition coefficient (Wildman–Crippen LogP) is 3.29. The van der Waals surface area contributed by atoms with E-state index in [0.29, 0.717) is 48.4 Å². The first-order valence-electron chi connectivity index (χ1n) is 9.74. The molecule has 32 heavy (non-hydrogen) atoms. The standard InChI is InChI=1S/C20H19ClFN5O3S2/c21-16-10-13(22)3-4-15(16)18(29)26-5-7-27(8-6-26)19-24-25-20(32-19)31-12-17(28)23-11-14-2-1-9-30-14/h1-4,9-10H,5-8,11-12H2,(H,23,28). The number of halogens is 2. The van der Waals surface area contributed by atoms with Crippen LogP contribution >= 0.6 is 34.7 Å². The number of hydrogen-bond acceptors (Lipinski definition) is 8. The maximum absolute atomic E-state index is 13.2. The number of anilines is 1. The molecule has 1 N–H and O–H groups in total. The molecular weight excluding hydrogens is 477 g/mol. The van der Waals surface area contributed by atoms with Crippen molar-refractivity contribution in [2.24, 2.45) is 0 Å². The Morgan fingerprint density at radius 2 is 2.03 bits per heavy atom. The van der Waals surface area contributed by atoms with Crippen LogP contribution in [0, 0.1) is 5.82 Å². The van der Waals surface area contributed by atoms with Gasteiger partial charge in [-0.05, 0) is 30.3 Å². The van der Waals surface area contributed by atoms with E-state index in [1.54, 1.807) is 23.3 Å². The third-order valence-corrected chi connectivity index (χ3v) is 7.19. The quantitative estimate of drug-likeness (QED) is 0.503. The third-order valence-electron chi connectivity index (χ3n) is 4.76. The van der Waals surface area contributed by atoms with E-state index >= 15 is 0 Å². The molecule has 0 atom stereocenters. The molecular formula is C20H19ClFN5O3S2. The summed E-state index contributed by atoms with van der Waals surface area (Å²) in [5.41, 5.74) is 0.293. The Balaban J connectivity index is 1.24. The van der Waals surface area contributed by atoms with Gasteiger partial charge in [-0.3, -0.25) is 9.59 Å². The van der Waals surface area contributed by atoms with Crippen molar-refractivity contribution in [1.82, 2.24) is 20.4 Å². The third kappa shape index (κ3) is 5.59. The highest BCUT2D eigenvalue weighted by Crippen LogP contribution is 2.29. The normalized spacial score (nSPS) is 13.9. The summed E-state index contributed by atoms with van der Waals surface area (Å²) >= 11 is 8.75. The van der Waals surface area contributed by atoms with E-state index in [2.05, 4.69) is 20.4 Å². The first-order valence-corrected chi connectivity index (χ1v) is 11.9. The number of amides is 2. The van der Waals surface area contributed by atoms with E-state index in [0.717, 1.165) is 11.2 Å². The Kier molecular flexibility index (Phi) is 7.28. The summed E-state index contributed by atoms with van der Waals surface area (Å²) in [6.07, 6.45) is 1.56. The van der Waals surface area contributed by atoms with Crippen LogP contribution in [-0.4, -0.2) is 58.8 Å². The number of benzene rings is 1. The molecule has 0 aliphatic carbocycles. The maximum Gasteiger partial charge on any atom is 0.255 e. The monoisotopic (exact) mass is 495 g/mol. The zero-order valence-corrected chi connectivity index (χ0v) is 19.2. The van der Waals surface area contributed by atoms with E-state index in [1.165, 1.54) is 35.2 Å². The Morgan fingerprint density at radius 3 is 2.75 bits per heavy atom. The first kappa shape index (κ1) is 22.6. The number of carbonyl (C=O) groups excluding carboxylic acids is 2. The molecule has 3 heterocycles. The molecule has 1 aliphatic rings. The van der Waals surface area contributed by atoms with Gasteiger partial charge in [0.1, 0.15) is 11.6 Å². The minimum absolute atomic E-state index is 0.108. The first-order chi connectivity index (χ1) is 15.5. The number of aromatic nitrogens is 2. The average molecular weight is 496 g/mol. The van der Waals surface area contributed by atoms with E-state index in [1.807, 2.05) is 0 Å². The van der Waals surface area contributed by atoms with Gasteiger partial charge in [0, 0.05) is 26.2 Å². The highest BCUT2D eigenvalue weighted by atomic mass is 35.5. The van der Waals surface area contributed by atoms with E-state index < -0.39 is 5.82 Å². The molecule has 12 heteroatoms. The molecule has 8 nitrogen and oxygen atoms in total. The zero-order valence-electron chi connectivity index (χ0n) is 16.8. The lowest BCUT2D eigenvalue weighted by molar-refractivity contribution is -0.118. The summed E-state index contributed by atoms with van der Waals surface area (Å²) in [7, 11) is 0. The number of furan rings is 1. The largest absolute Gasteiger partial charge is 0.467 e. The van der Waals surface area contributed by atoms with Gasteiger partial charge in [-0.2, -0.15) is 0 Å². The number of nitrogens with zero attached hydrogens (tertiary/aromatic N) is 4. The van der Waals surface area contributed by atoms with Crippen LogP contribution in [0.2, 0.25) is 5.02 Å². The highest BCUT2D eigenvalue weighted by Gasteiger charge is 2.25. The number of hydrogen-bond donors (Lipinski definition) is 1. The molecule has 0 radical (unpaired) electrons. The topological polar surface area (TPSA) is 91.6 Å². The molecule has 168 valence electrons. The lowest BCUT2D eigenvalue weighted by atomic mass is 10.1. The summed E-state index contributed by atoms with van der Waals surface area (Å²) in [5, 5.41) is 12.0. The van der Waals surface area contributed by atoms with Crippen molar-refractivity contribution >= 4 is 51.6 Å². The molecule has 2 amide bonds. The molecule has 0 saturated carbocycles. The fourth-order valence-corrected chi connectivity index (χ4v) is 5.07. The van der Waals surface area contributed by atoms with Crippen molar-refractivity contribution in [2.75, 3.05) is 36.8 Å². The van der Waals surface area contributed by atoms with Crippen LogP contribution in [-0.2, 0) is 11.3 Å². The van der Waals surface area contributed by atoms with Crippen molar-refractivity contribution in [1.29, 1.82) is 0 Å². The van der Waals surface area contributed by atoms with Crippen molar-refractivity contribution in [3.8, 4) is 0 Å². The maximum atomic E-state index is 13.2. The molecule has 0 unspecified atom stereocenters. The Bertz CT molecular complexity index is 1090. The smallest absolute Gasteiger partial charge is 0.255 e. The molecule has 4 rings (SSSR count). The summed E-state index contributed by atoms with van der Waals surface area (Å²) < 4.78 is 19.1. The molecule has 2 aromatic heterocycles. The summed E-state index contributed by atoms with van der Waals surface area (Å²) in [6, 6.07) is 7.35. The van der Waals surface area contributed by atoms with Crippen LogP contribution in [0.25, 0.3) is 0 Å². The number of nitrogens with one attached hydrogen (secondary N) is 1. The Hall–Kier alpha value is -2.63. The van der Waals surface area contributed by atoms with Gasteiger partial charge in [0.15, 0.2) is 4.34 Å². The minimum Gasteiger partial charge on any atom is -0.467 e. The second-order valence-electron chi connectivity index (χ2n) is 6.90. The van der Waals surface area contributed by atoms with Crippen molar-refractivity contribution < 1.29 is 18.4 Å². The molecule has 1 fully saturated rings. The van der Waals surface area contributed by atoms with Gasteiger partial charge >= 0.3 is 0 Å². The minimum atomic E-state index is -0.476. The van der Waals surface area contributed by atoms with Crippen molar-refractivity contribution in [2.45, 2.75) is 10.9 Å². The van der Waals surface area contributed by atoms with Gasteiger partial charge in [-0.15, -0.1) is 10.2 Å². The molecule has 1 aromatic carbocycles. The van der Waals surface area contributed by atoms with Gasteiger partial charge in [-0.25, -0.2) is 4.39 Å². The van der Waals surface area contributed by atoms with Crippen LogP contribution < -0.4 is 10.2 Å². The summed E-state index contributed by atoms with van der Waals surface area (Å²) in [5.74, 6) is 0.117. The van der Waals surface area contributed by atoms with Crippen molar-refractivity contribution in [3.05, 3.63) is 58.8 Å². The molecule has 0 bridgehead atoms. The van der Waals surface area contributed by atoms with Crippen LogP contribution in [0.1, 0.15) is 16.1 Å². The number of carbonyl (C=O) groups is 2. The van der Waals surface area contributed by atoms with Gasteiger partial charge in [0.2, 0.25) is 11.0 Å². The second kappa shape index (κ2) is 10.3. The van der Waals surface area contributed by atoms with Crippen LogP contribution in [0.5, 0.6) is 0 Å². The van der Waals surface area contributed by atoms with E-state index in [4.69, 9.17) is 16.0 Å². The second-order valence-corrected chi connectivity index (χ2v) is 9.48. The molecule has 1 saturated heterocycles. The van der Waals surface area contributed by atoms with Crippen LogP contribution in [0.15, 0.2) is 45.4 Å². The van der Waals surface area contributed by atoms with Crippen molar-refractivity contribution in [3.63, 3.8) is 0 Å². The fraction of sp³-hybridized carbons (Fsp3) is 0.300. The van der Waals surface area contributed by atoms with E-state index in [-0.39, 0.29) is 22.6 Å². The molecule has 1 aliphatic heterocycles. The molecule has 3 aromatic rings. The fourth-order valence-electron chi connectivity index (χ4n) is 3.10.